The first kappa shape index (κ1) is 31.4. The Kier molecular flexibility index (Phi) is 9.17. The number of aromatic hydroxyl groups is 2. The van der Waals surface area contributed by atoms with Crippen LogP contribution in [0.4, 0.5) is 0 Å². The molecule has 2 aromatic rings. The molecular formula is C27H34O16. The molecule has 0 aromatic heterocycles. The number of ether oxygens (including phenoxy) is 5. The van der Waals surface area contributed by atoms with Gasteiger partial charge >= 0.3 is 0 Å². The summed E-state index contributed by atoms with van der Waals surface area (Å²) in [7, 11) is 0. The largest absolute Gasteiger partial charge is 0.507 e. The van der Waals surface area contributed by atoms with Crippen molar-refractivity contribution in [2.24, 2.45) is 0 Å². The van der Waals surface area contributed by atoms with Crippen LogP contribution in [0, 0.1) is 0 Å². The molecule has 16 nitrogen and oxygen atoms in total. The van der Waals surface area contributed by atoms with E-state index in [0.29, 0.717) is 0 Å². The van der Waals surface area contributed by atoms with Gasteiger partial charge in [0.1, 0.15) is 72.2 Å². The number of aliphatic hydroxyl groups excluding tert-OH is 9. The number of phenols is 2. The van der Waals surface area contributed by atoms with E-state index in [1.54, 1.807) is 0 Å². The zero-order valence-corrected chi connectivity index (χ0v) is 22.4. The smallest absolute Gasteiger partial charge is 0.229 e. The fourth-order valence-electron chi connectivity index (χ4n) is 5.20. The first-order chi connectivity index (χ1) is 20.4. The minimum absolute atomic E-state index is 0.0689. The average Bonchev–Trinajstić information content (AvgIpc) is 2.99. The van der Waals surface area contributed by atoms with Crippen molar-refractivity contribution in [2.75, 3.05) is 13.2 Å². The minimum atomic E-state index is -1.74. The lowest BCUT2D eigenvalue weighted by molar-refractivity contribution is -0.277. The Morgan fingerprint density at radius 2 is 1.26 bits per heavy atom. The van der Waals surface area contributed by atoms with Crippen molar-refractivity contribution in [2.45, 2.75) is 80.0 Å². The average molecular weight is 615 g/mol. The summed E-state index contributed by atoms with van der Waals surface area (Å²) >= 11 is 0. The number of rotatable bonds is 7. The van der Waals surface area contributed by atoms with Gasteiger partial charge in [0.2, 0.25) is 12.6 Å². The molecule has 3 aliphatic rings. The number of phenolic OH excluding ortho intramolecular Hbond substituents is 2. The van der Waals surface area contributed by atoms with Crippen LogP contribution >= 0.6 is 0 Å². The van der Waals surface area contributed by atoms with E-state index in [-0.39, 0.29) is 40.5 Å². The van der Waals surface area contributed by atoms with E-state index < -0.39 is 92.6 Å². The zero-order chi connectivity index (χ0) is 31.2. The highest BCUT2D eigenvalue weighted by Gasteiger charge is 2.46. The zero-order valence-electron chi connectivity index (χ0n) is 22.4. The molecule has 0 saturated carbocycles. The van der Waals surface area contributed by atoms with Crippen molar-refractivity contribution in [3.63, 3.8) is 0 Å². The van der Waals surface area contributed by atoms with E-state index >= 15 is 0 Å². The van der Waals surface area contributed by atoms with Crippen molar-refractivity contribution in [1.29, 1.82) is 0 Å². The van der Waals surface area contributed by atoms with Crippen molar-refractivity contribution >= 4 is 0 Å². The van der Waals surface area contributed by atoms with E-state index in [4.69, 9.17) is 23.7 Å². The molecule has 0 spiro atoms. The Hall–Kier alpha value is -3.00. The van der Waals surface area contributed by atoms with Gasteiger partial charge in [0.05, 0.1) is 19.3 Å². The molecule has 0 aliphatic carbocycles. The van der Waals surface area contributed by atoms with Gasteiger partial charge in [-0.2, -0.15) is 0 Å². The molecule has 2 saturated heterocycles. The van der Waals surface area contributed by atoms with E-state index in [9.17, 15) is 56.2 Å². The van der Waals surface area contributed by atoms with E-state index in [1.807, 2.05) is 0 Å². The molecule has 238 valence electrons. The van der Waals surface area contributed by atoms with Gasteiger partial charge in [-0.15, -0.1) is 0 Å². The van der Waals surface area contributed by atoms with Crippen LogP contribution in [0.2, 0.25) is 0 Å². The minimum Gasteiger partial charge on any atom is -0.507 e. The molecule has 11 N–H and O–H groups in total. The number of aliphatic hydroxyl groups is 9. The predicted octanol–water partition coefficient (Wildman–Crippen LogP) is -3.51. The second-order valence-electron chi connectivity index (χ2n) is 10.6. The van der Waals surface area contributed by atoms with Gasteiger partial charge < -0.3 is 79.9 Å². The van der Waals surface area contributed by atoms with E-state index in [2.05, 4.69) is 0 Å². The molecule has 2 aromatic carbocycles. The third-order valence-electron chi connectivity index (χ3n) is 7.68. The molecule has 3 aliphatic heterocycles. The third-order valence-corrected chi connectivity index (χ3v) is 7.68. The maximum atomic E-state index is 10.9. The van der Waals surface area contributed by atoms with Crippen molar-refractivity contribution in [3.05, 3.63) is 41.5 Å². The highest BCUT2D eigenvalue weighted by Crippen LogP contribution is 2.44. The molecule has 0 bridgehead atoms. The lowest BCUT2D eigenvalue weighted by atomic mass is 9.93. The lowest BCUT2D eigenvalue weighted by Crippen LogP contribution is -2.60. The van der Waals surface area contributed by atoms with Crippen LogP contribution in [0.25, 0.3) is 0 Å². The number of hydrogen-bond acceptors (Lipinski definition) is 16. The molecule has 2 fully saturated rings. The maximum Gasteiger partial charge on any atom is 0.229 e. The van der Waals surface area contributed by atoms with Gasteiger partial charge in [0, 0.05) is 24.1 Å². The topological polar surface area (TPSA) is 269 Å². The van der Waals surface area contributed by atoms with Crippen LogP contribution in [-0.4, -0.2) is 137 Å². The third kappa shape index (κ3) is 6.04. The molecule has 0 amide bonds. The van der Waals surface area contributed by atoms with Crippen LogP contribution in [0.3, 0.4) is 0 Å². The van der Waals surface area contributed by atoms with Gasteiger partial charge in [-0.25, -0.2) is 0 Å². The van der Waals surface area contributed by atoms with E-state index in [1.165, 1.54) is 30.3 Å². The summed E-state index contributed by atoms with van der Waals surface area (Å²) in [6.45, 7) is -1.36. The SMILES string of the molecule is OC[C@@H]1O[C@H](Oc2cc(O)c3c(c2)O[C@H](c2ccc(O)c(O[C@H]4O[C@@H](CO)[C@H](O)[C@H](O)[C@@H]4O)c2)[C@@H](O)C3)[C@@H](O)[C@@H](O)[C@H]1O. The Morgan fingerprint density at radius 3 is 1.84 bits per heavy atom. The summed E-state index contributed by atoms with van der Waals surface area (Å²) in [4.78, 5) is 0. The summed E-state index contributed by atoms with van der Waals surface area (Å²) in [5, 5.41) is 111. The monoisotopic (exact) mass is 614 g/mol. The quantitative estimate of drug-likeness (QED) is 0.144. The van der Waals surface area contributed by atoms with Crippen molar-refractivity contribution in [3.8, 4) is 28.7 Å². The van der Waals surface area contributed by atoms with Crippen molar-refractivity contribution < 1.29 is 79.9 Å². The molecule has 43 heavy (non-hydrogen) atoms. The summed E-state index contributed by atoms with van der Waals surface area (Å²) in [6, 6.07) is 6.42. The van der Waals surface area contributed by atoms with Gasteiger partial charge in [-0.1, -0.05) is 6.07 Å². The highest BCUT2D eigenvalue weighted by atomic mass is 16.7. The Bertz CT molecular complexity index is 1270. The molecular weight excluding hydrogens is 580 g/mol. The van der Waals surface area contributed by atoms with E-state index in [0.717, 1.165) is 0 Å². The van der Waals surface area contributed by atoms with Crippen LogP contribution in [-0.2, 0) is 15.9 Å². The summed E-state index contributed by atoms with van der Waals surface area (Å²) in [5.74, 6) is -0.982. The molecule has 0 unspecified atom stereocenters. The van der Waals surface area contributed by atoms with Gasteiger partial charge in [-0.3, -0.25) is 0 Å². The number of benzene rings is 2. The second-order valence-corrected chi connectivity index (χ2v) is 10.6. The number of hydrogen-bond donors (Lipinski definition) is 11. The van der Waals surface area contributed by atoms with Gasteiger partial charge in [0.25, 0.3) is 0 Å². The fourth-order valence-corrected chi connectivity index (χ4v) is 5.20. The normalized spacial score (nSPS) is 37.7. The van der Waals surface area contributed by atoms with Crippen LogP contribution < -0.4 is 14.2 Å². The Morgan fingerprint density at radius 1 is 0.674 bits per heavy atom. The lowest BCUT2D eigenvalue weighted by Gasteiger charge is -2.39. The standard InChI is InChI=1S/C27H34O16/c28-7-17-19(33)21(35)23(37)26(42-17)39-10-4-13(31)11-6-14(32)25(40-15(11)5-10)9-1-2-12(30)16(3-9)41-27-24(38)22(36)20(34)18(8-29)43-27/h1-5,14,17-38H,6-8H2/t14-,17-,18-,19-,20-,21-,22-,23-,24-,25+,26-,27-/m0/s1. The Labute approximate surface area is 243 Å². The molecule has 12 atom stereocenters. The molecule has 0 radical (unpaired) electrons. The summed E-state index contributed by atoms with van der Waals surface area (Å²) < 4.78 is 27.8. The Balaban J connectivity index is 1.36. The van der Waals surface area contributed by atoms with Crippen LogP contribution in [0.15, 0.2) is 30.3 Å². The summed E-state index contributed by atoms with van der Waals surface area (Å²) in [6.07, 6.45) is -18.0. The second kappa shape index (κ2) is 12.5. The highest BCUT2D eigenvalue weighted by molar-refractivity contribution is 5.52. The summed E-state index contributed by atoms with van der Waals surface area (Å²) in [5.41, 5.74) is 0.497. The van der Waals surface area contributed by atoms with Crippen molar-refractivity contribution in [1.82, 2.24) is 0 Å². The maximum absolute atomic E-state index is 10.9. The van der Waals surface area contributed by atoms with Gasteiger partial charge in [-0.05, 0) is 17.7 Å². The predicted molar refractivity (Wildman–Crippen MR) is 138 cm³/mol. The first-order valence-corrected chi connectivity index (χ1v) is 13.4. The van der Waals surface area contributed by atoms with Crippen LogP contribution in [0.5, 0.6) is 28.7 Å². The van der Waals surface area contributed by atoms with Crippen LogP contribution in [0.1, 0.15) is 17.2 Å². The molecule has 5 rings (SSSR count). The molecule has 16 heteroatoms. The molecule has 3 heterocycles. The number of fused-ring (bicyclic) bond motifs is 1. The fraction of sp³-hybridized carbons (Fsp3) is 0.556. The van der Waals surface area contributed by atoms with Gasteiger partial charge in [0.15, 0.2) is 11.5 Å². The first-order valence-electron chi connectivity index (χ1n) is 13.4.